The highest BCUT2D eigenvalue weighted by Crippen LogP contribution is 2.53. The lowest BCUT2D eigenvalue weighted by Gasteiger charge is -2.10. The summed E-state index contributed by atoms with van der Waals surface area (Å²) in [6, 6.07) is 7.80. The molecule has 0 unspecified atom stereocenters. The van der Waals surface area contributed by atoms with Crippen molar-refractivity contribution in [2.75, 3.05) is 5.75 Å². The second-order valence-electron chi connectivity index (χ2n) is 4.30. The van der Waals surface area contributed by atoms with Gasteiger partial charge in [0.25, 0.3) is 0 Å². The first kappa shape index (κ1) is 14.9. The monoisotopic (exact) mass is 353 g/mol. The van der Waals surface area contributed by atoms with E-state index >= 15 is 0 Å². The molecule has 0 N–H and O–H groups in total. The smallest absolute Gasteiger partial charge is 0.145 e. The fourth-order valence-corrected chi connectivity index (χ4v) is 5.52. The van der Waals surface area contributed by atoms with Gasteiger partial charge in [-0.2, -0.15) is 5.26 Å². The number of allylic oxidation sites excluding steroid dienone is 1. The van der Waals surface area contributed by atoms with Crippen LogP contribution in [0.15, 0.2) is 41.2 Å². The van der Waals surface area contributed by atoms with E-state index in [2.05, 4.69) is 11.1 Å². The number of thioether (sulfide) groups is 2. The van der Waals surface area contributed by atoms with Gasteiger partial charge >= 0.3 is 0 Å². The SMILES string of the molecule is N#CC(=C1SC[C@H](c2ccc(Cl)cc2Cl)S1)n1ccnc1. The molecule has 1 fully saturated rings. The van der Waals surface area contributed by atoms with Crippen LogP contribution < -0.4 is 0 Å². The van der Waals surface area contributed by atoms with Gasteiger partial charge in [0.2, 0.25) is 0 Å². The largest absolute Gasteiger partial charge is 0.296 e. The molecule has 1 atom stereocenters. The Hall–Kier alpha value is -1.06. The van der Waals surface area contributed by atoms with Crippen molar-refractivity contribution >= 4 is 52.4 Å². The molecule has 0 saturated carbocycles. The van der Waals surface area contributed by atoms with Crippen molar-refractivity contribution in [1.82, 2.24) is 9.55 Å². The van der Waals surface area contributed by atoms with Crippen LogP contribution in [0.2, 0.25) is 10.0 Å². The maximum atomic E-state index is 9.38. The van der Waals surface area contributed by atoms with E-state index in [0.717, 1.165) is 15.6 Å². The van der Waals surface area contributed by atoms with Crippen molar-refractivity contribution in [3.8, 4) is 6.07 Å². The summed E-state index contributed by atoms with van der Waals surface area (Å²) >= 11 is 15.5. The van der Waals surface area contributed by atoms with Crippen LogP contribution in [-0.4, -0.2) is 15.3 Å². The highest BCUT2D eigenvalue weighted by Gasteiger charge is 2.27. The number of nitriles is 1. The van der Waals surface area contributed by atoms with Crippen LogP contribution in [0.1, 0.15) is 10.8 Å². The third-order valence-electron chi connectivity index (χ3n) is 2.99. The van der Waals surface area contributed by atoms with Crippen molar-refractivity contribution in [2.24, 2.45) is 0 Å². The first-order chi connectivity index (χ1) is 10.2. The average Bonchev–Trinajstić information content (AvgIpc) is 3.12. The lowest BCUT2D eigenvalue weighted by atomic mass is 10.2. The highest BCUT2D eigenvalue weighted by atomic mass is 35.5. The molecule has 0 aliphatic carbocycles. The first-order valence-corrected chi connectivity index (χ1v) is 8.68. The summed E-state index contributed by atoms with van der Waals surface area (Å²) in [5, 5.41) is 10.9. The molecule has 3 rings (SSSR count). The van der Waals surface area contributed by atoms with Crippen LogP contribution in [0, 0.1) is 11.3 Å². The van der Waals surface area contributed by atoms with E-state index in [-0.39, 0.29) is 5.25 Å². The molecule has 0 spiro atoms. The predicted molar refractivity (Wildman–Crippen MR) is 90.3 cm³/mol. The Morgan fingerprint density at radius 3 is 2.95 bits per heavy atom. The molecule has 1 aromatic carbocycles. The van der Waals surface area contributed by atoms with Crippen molar-refractivity contribution in [3.63, 3.8) is 0 Å². The van der Waals surface area contributed by atoms with Crippen molar-refractivity contribution in [3.05, 3.63) is 56.8 Å². The Morgan fingerprint density at radius 2 is 2.29 bits per heavy atom. The number of hydrogen-bond acceptors (Lipinski definition) is 4. The van der Waals surface area contributed by atoms with E-state index in [0.29, 0.717) is 15.7 Å². The number of nitrogens with zero attached hydrogens (tertiary/aromatic N) is 3. The minimum Gasteiger partial charge on any atom is -0.296 e. The summed E-state index contributed by atoms with van der Waals surface area (Å²) in [4.78, 5) is 3.99. The molecular weight excluding hydrogens is 345 g/mol. The van der Waals surface area contributed by atoms with Gasteiger partial charge in [-0.3, -0.25) is 4.57 Å². The molecule has 1 aliphatic heterocycles. The van der Waals surface area contributed by atoms with Crippen LogP contribution in [0.4, 0.5) is 0 Å². The lowest BCUT2D eigenvalue weighted by molar-refractivity contribution is 1.10. The van der Waals surface area contributed by atoms with E-state index in [1.165, 1.54) is 0 Å². The Morgan fingerprint density at radius 1 is 1.43 bits per heavy atom. The van der Waals surface area contributed by atoms with Gasteiger partial charge in [-0.15, -0.1) is 23.5 Å². The van der Waals surface area contributed by atoms with Crippen LogP contribution in [0.3, 0.4) is 0 Å². The molecule has 21 heavy (non-hydrogen) atoms. The summed E-state index contributed by atoms with van der Waals surface area (Å²) in [7, 11) is 0. The van der Waals surface area contributed by atoms with E-state index < -0.39 is 0 Å². The van der Waals surface area contributed by atoms with E-state index in [1.807, 2.05) is 12.1 Å². The molecule has 3 nitrogen and oxygen atoms in total. The molecule has 0 radical (unpaired) electrons. The number of hydrogen-bond donors (Lipinski definition) is 0. The molecule has 7 heteroatoms. The molecule has 2 heterocycles. The van der Waals surface area contributed by atoms with E-state index in [4.69, 9.17) is 23.2 Å². The Bertz CT molecular complexity index is 735. The van der Waals surface area contributed by atoms with Crippen LogP contribution >= 0.6 is 46.7 Å². The van der Waals surface area contributed by atoms with Gasteiger partial charge in [0.05, 0.1) is 10.6 Å². The quantitative estimate of drug-likeness (QED) is 0.707. The number of imidazole rings is 1. The van der Waals surface area contributed by atoms with Crippen molar-refractivity contribution in [1.29, 1.82) is 5.26 Å². The fraction of sp³-hybridized carbons (Fsp3) is 0.143. The molecule has 1 aliphatic rings. The molecule has 106 valence electrons. The average molecular weight is 354 g/mol. The van der Waals surface area contributed by atoms with Gasteiger partial charge in [0.1, 0.15) is 11.8 Å². The summed E-state index contributed by atoms with van der Waals surface area (Å²) in [5.74, 6) is 0.876. The van der Waals surface area contributed by atoms with Gasteiger partial charge in [-0.1, -0.05) is 29.3 Å². The van der Waals surface area contributed by atoms with Gasteiger partial charge in [-0.05, 0) is 17.7 Å². The molecule has 0 amide bonds. The van der Waals surface area contributed by atoms with Crippen molar-refractivity contribution in [2.45, 2.75) is 5.25 Å². The van der Waals surface area contributed by atoms with Crippen molar-refractivity contribution < 1.29 is 0 Å². The molecular formula is C14H9Cl2N3S2. The maximum Gasteiger partial charge on any atom is 0.145 e. The topological polar surface area (TPSA) is 41.6 Å². The number of aromatic nitrogens is 2. The first-order valence-electron chi connectivity index (χ1n) is 6.06. The third kappa shape index (κ3) is 3.09. The minimum absolute atomic E-state index is 0.224. The molecule has 2 aromatic rings. The second-order valence-corrected chi connectivity index (χ2v) is 7.65. The zero-order valence-corrected chi connectivity index (χ0v) is 13.8. The molecule has 1 saturated heterocycles. The van der Waals surface area contributed by atoms with E-state index in [1.54, 1.807) is 52.9 Å². The molecule has 0 bridgehead atoms. The van der Waals surface area contributed by atoms with Crippen LogP contribution in [0.5, 0.6) is 0 Å². The minimum atomic E-state index is 0.224. The zero-order chi connectivity index (χ0) is 14.8. The Balaban J connectivity index is 1.90. The van der Waals surface area contributed by atoms with E-state index in [9.17, 15) is 5.26 Å². The lowest BCUT2D eigenvalue weighted by Crippen LogP contribution is -1.93. The third-order valence-corrected chi connectivity index (χ3v) is 6.47. The number of halogens is 2. The fourth-order valence-electron chi connectivity index (χ4n) is 1.99. The van der Waals surface area contributed by atoms with Gasteiger partial charge < -0.3 is 0 Å². The van der Waals surface area contributed by atoms with Gasteiger partial charge in [-0.25, -0.2) is 4.98 Å². The van der Waals surface area contributed by atoms with Crippen LogP contribution in [0.25, 0.3) is 5.70 Å². The number of rotatable bonds is 2. The summed E-state index contributed by atoms with van der Waals surface area (Å²) in [6.45, 7) is 0. The summed E-state index contributed by atoms with van der Waals surface area (Å²) in [6.07, 6.45) is 5.07. The standard InChI is InChI=1S/C14H9Cl2N3S2/c15-9-1-2-10(11(16)5-9)13-7-20-14(21-13)12(6-17)19-4-3-18-8-19/h1-5,8,13H,7H2/t13-/m1/s1. The van der Waals surface area contributed by atoms with Gasteiger partial charge in [0, 0.05) is 33.4 Å². The highest BCUT2D eigenvalue weighted by molar-refractivity contribution is 8.25. The zero-order valence-electron chi connectivity index (χ0n) is 10.7. The Labute approximate surface area is 141 Å². The summed E-state index contributed by atoms with van der Waals surface area (Å²) in [5.41, 5.74) is 1.66. The predicted octanol–water partition coefficient (Wildman–Crippen LogP) is 5.06. The normalized spacial score (nSPS) is 20.3. The number of benzene rings is 1. The maximum absolute atomic E-state index is 9.38. The summed E-state index contributed by atoms with van der Waals surface area (Å²) < 4.78 is 2.73. The second kappa shape index (κ2) is 6.37. The van der Waals surface area contributed by atoms with Crippen LogP contribution in [-0.2, 0) is 0 Å². The Kier molecular flexibility index (Phi) is 4.51. The molecule has 1 aromatic heterocycles. The van der Waals surface area contributed by atoms with Gasteiger partial charge in [0.15, 0.2) is 0 Å².